The molecule has 28 heavy (non-hydrogen) atoms. The van der Waals surface area contributed by atoms with Crippen LogP contribution in [0.2, 0.25) is 0 Å². The van der Waals surface area contributed by atoms with E-state index in [4.69, 9.17) is 0 Å². The second-order valence-corrected chi connectivity index (χ2v) is 8.93. The molecule has 3 rings (SSSR count). The second kappa shape index (κ2) is 9.09. The molecule has 1 aromatic carbocycles. The van der Waals surface area contributed by atoms with Gasteiger partial charge in [-0.15, -0.1) is 0 Å². The summed E-state index contributed by atoms with van der Waals surface area (Å²) in [6.07, 6.45) is 3.95. The van der Waals surface area contributed by atoms with E-state index >= 15 is 0 Å². The van der Waals surface area contributed by atoms with Crippen molar-refractivity contribution in [2.45, 2.75) is 24.2 Å². The largest absolute Gasteiger partial charge is 0.356 e. The van der Waals surface area contributed by atoms with Gasteiger partial charge in [-0.25, -0.2) is 22.8 Å². The zero-order valence-corrected chi connectivity index (χ0v) is 16.2. The van der Waals surface area contributed by atoms with Crippen LogP contribution in [0.5, 0.6) is 0 Å². The molecule has 2 aromatic rings. The van der Waals surface area contributed by atoms with Crippen LogP contribution in [0.4, 0.5) is 10.3 Å². The molecule has 7 nitrogen and oxygen atoms in total. The molecule has 1 N–H and O–H groups in total. The minimum absolute atomic E-state index is 0.0561. The van der Waals surface area contributed by atoms with E-state index in [1.54, 1.807) is 18.2 Å². The van der Waals surface area contributed by atoms with Crippen LogP contribution < -0.4 is 10.2 Å². The third-order valence-corrected chi connectivity index (χ3v) is 6.52. The lowest BCUT2D eigenvalue weighted by atomic mass is 9.97. The molecule has 1 aromatic heterocycles. The fraction of sp³-hybridized carbons (Fsp3) is 0.421. The van der Waals surface area contributed by atoms with Crippen molar-refractivity contribution >= 4 is 21.7 Å². The minimum Gasteiger partial charge on any atom is -0.356 e. The molecule has 2 heterocycles. The lowest BCUT2D eigenvalue weighted by Gasteiger charge is -2.31. The zero-order valence-electron chi connectivity index (χ0n) is 15.4. The third-order valence-electron chi connectivity index (χ3n) is 4.79. The number of nitrogens with one attached hydrogen (secondary N) is 1. The van der Waals surface area contributed by atoms with E-state index in [1.165, 1.54) is 12.1 Å². The Hall–Kier alpha value is -2.55. The Labute approximate surface area is 163 Å². The van der Waals surface area contributed by atoms with E-state index in [-0.39, 0.29) is 23.0 Å². The van der Waals surface area contributed by atoms with Crippen molar-refractivity contribution in [3.8, 4) is 0 Å². The Balaban J connectivity index is 1.39. The molecule has 1 aliphatic heterocycles. The highest BCUT2D eigenvalue weighted by molar-refractivity contribution is 7.91. The molecule has 0 spiro atoms. The molecule has 0 bridgehead atoms. The Morgan fingerprint density at radius 2 is 1.79 bits per heavy atom. The van der Waals surface area contributed by atoms with Crippen LogP contribution in [0, 0.1) is 11.7 Å². The topological polar surface area (TPSA) is 92.3 Å². The fourth-order valence-corrected chi connectivity index (χ4v) is 4.39. The van der Waals surface area contributed by atoms with Crippen LogP contribution >= 0.6 is 0 Å². The standard InChI is InChI=1S/C19H23FN4O3S/c20-16-13-22-19(23-14-16)24-9-6-15(7-10-24)12-21-18(25)8-11-28(26,27)17-4-2-1-3-5-17/h1-5,13-15H,6-12H2,(H,21,25). The number of hydrogen-bond donors (Lipinski definition) is 1. The molecule has 0 unspecified atom stereocenters. The summed E-state index contributed by atoms with van der Waals surface area (Å²) in [5.74, 6) is -0.107. The van der Waals surface area contributed by atoms with E-state index in [0.29, 0.717) is 18.4 Å². The molecule has 0 radical (unpaired) electrons. The van der Waals surface area contributed by atoms with Crippen LogP contribution in [0.3, 0.4) is 0 Å². The van der Waals surface area contributed by atoms with Gasteiger partial charge in [0.2, 0.25) is 11.9 Å². The van der Waals surface area contributed by atoms with Crippen LogP contribution in [0.15, 0.2) is 47.6 Å². The maximum Gasteiger partial charge on any atom is 0.225 e. The summed E-state index contributed by atoms with van der Waals surface area (Å²) >= 11 is 0. The van der Waals surface area contributed by atoms with Gasteiger partial charge >= 0.3 is 0 Å². The van der Waals surface area contributed by atoms with Gasteiger partial charge in [0.15, 0.2) is 15.7 Å². The lowest BCUT2D eigenvalue weighted by molar-refractivity contribution is -0.120. The fourth-order valence-electron chi connectivity index (χ4n) is 3.13. The highest BCUT2D eigenvalue weighted by Gasteiger charge is 2.22. The number of benzene rings is 1. The average Bonchev–Trinajstić information content (AvgIpc) is 2.72. The van der Waals surface area contributed by atoms with Crippen molar-refractivity contribution in [1.29, 1.82) is 0 Å². The normalized spacial score (nSPS) is 15.4. The van der Waals surface area contributed by atoms with Crippen molar-refractivity contribution in [3.63, 3.8) is 0 Å². The lowest BCUT2D eigenvalue weighted by Crippen LogP contribution is -2.39. The maximum atomic E-state index is 12.9. The molecule has 150 valence electrons. The molecule has 1 amide bonds. The summed E-state index contributed by atoms with van der Waals surface area (Å²) in [7, 11) is -3.45. The number of hydrogen-bond acceptors (Lipinski definition) is 6. The van der Waals surface area contributed by atoms with Crippen molar-refractivity contribution in [1.82, 2.24) is 15.3 Å². The summed E-state index contributed by atoms with van der Waals surface area (Å²) in [6.45, 7) is 1.98. The van der Waals surface area contributed by atoms with Crippen LogP contribution in [-0.4, -0.2) is 49.7 Å². The summed E-state index contributed by atoms with van der Waals surface area (Å²) in [6, 6.07) is 8.14. The Kier molecular flexibility index (Phi) is 6.56. The second-order valence-electron chi connectivity index (χ2n) is 6.82. The molecular formula is C19H23FN4O3S. The number of rotatable bonds is 7. The van der Waals surface area contributed by atoms with Gasteiger partial charge < -0.3 is 10.2 Å². The third kappa shape index (κ3) is 5.48. The number of nitrogens with zero attached hydrogens (tertiary/aromatic N) is 3. The Morgan fingerprint density at radius 1 is 1.14 bits per heavy atom. The number of carbonyl (C=O) groups is 1. The number of aromatic nitrogens is 2. The molecule has 1 saturated heterocycles. The van der Waals surface area contributed by atoms with Crippen LogP contribution in [0.1, 0.15) is 19.3 Å². The van der Waals surface area contributed by atoms with Gasteiger partial charge in [0.25, 0.3) is 0 Å². The van der Waals surface area contributed by atoms with Gasteiger partial charge in [-0.2, -0.15) is 0 Å². The van der Waals surface area contributed by atoms with Crippen molar-refractivity contribution in [2.24, 2.45) is 5.92 Å². The summed E-state index contributed by atoms with van der Waals surface area (Å²) in [5.41, 5.74) is 0. The predicted molar refractivity (Wildman–Crippen MR) is 103 cm³/mol. The van der Waals surface area contributed by atoms with Gasteiger partial charge in [-0.3, -0.25) is 4.79 Å². The molecule has 9 heteroatoms. The molecule has 1 aliphatic rings. The predicted octanol–water partition coefficient (Wildman–Crippen LogP) is 1.81. The smallest absolute Gasteiger partial charge is 0.225 e. The number of anilines is 1. The van der Waals surface area contributed by atoms with Crippen molar-refractivity contribution < 1.29 is 17.6 Å². The van der Waals surface area contributed by atoms with Crippen molar-refractivity contribution in [3.05, 3.63) is 48.5 Å². The monoisotopic (exact) mass is 406 g/mol. The highest BCUT2D eigenvalue weighted by atomic mass is 32.2. The summed E-state index contributed by atoms with van der Waals surface area (Å²) < 4.78 is 37.3. The SMILES string of the molecule is O=C(CCS(=O)(=O)c1ccccc1)NCC1CCN(c2ncc(F)cn2)CC1. The number of sulfone groups is 1. The Bertz CT molecular complexity index is 883. The number of piperidine rings is 1. The van der Waals surface area contributed by atoms with E-state index in [0.717, 1.165) is 38.3 Å². The van der Waals surface area contributed by atoms with Gasteiger partial charge in [0.05, 0.1) is 23.0 Å². The van der Waals surface area contributed by atoms with Crippen molar-refractivity contribution in [2.75, 3.05) is 30.3 Å². The number of amides is 1. The summed E-state index contributed by atoms with van der Waals surface area (Å²) in [5, 5.41) is 2.84. The zero-order chi connectivity index (χ0) is 20.0. The number of halogens is 1. The van der Waals surface area contributed by atoms with Gasteiger partial charge in [-0.1, -0.05) is 18.2 Å². The highest BCUT2D eigenvalue weighted by Crippen LogP contribution is 2.20. The minimum atomic E-state index is -3.45. The van der Waals surface area contributed by atoms with E-state index < -0.39 is 15.7 Å². The number of carbonyl (C=O) groups excluding carboxylic acids is 1. The van der Waals surface area contributed by atoms with Gasteiger partial charge in [0, 0.05) is 26.1 Å². The molecular weight excluding hydrogens is 383 g/mol. The first-order valence-electron chi connectivity index (χ1n) is 9.21. The molecule has 0 aliphatic carbocycles. The van der Waals surface area contributed by atoms with E-state index in [1.807, 2.05) is 4.90 Å². The summed E-state index contributed by atoms with van der Waals surface area (Å²) in [4.78, 5) is 22.2. The quantitative estimate of drug-likeness (QED) is 0.754. The van der Waals surface area contributed by atoms with Crippen LogP contribution in [-0.2, 0) is 14.6 Å². The first-order valence-corrected chi connectivity index (χ1v) is 10.9. The first kappa shape index (κ1) is 20.2. The maximum absolute atomic E-state index is 12.9. The molecule has 0 atom stereocenters. The average molecular weight is 406 g/mol. The van der Waals surface area contributed by atoms with E-state index in [2.05, 4.69) is 15.3 Å². The van der Waals surface area contributed by atoms with E-state index in [9.17, 15) is 17.6 Å². The Morgan fingerprint density at radius 3 is 2.43 bits per heavy atom. The van der Waals surface area contributed by atoms with Gasteiger partial charge in [0.1, 0.15) is 0 Å². The molecule has 0 saturated carbocycles. The first-order chi connectivity index (χ1) is 13.4. The molecule has 1 fully saturated rings. The van der Waals surface area contributed by atoms with Gasteiger partial charge in [-0.05, 0) is 30.9 Å². The van der Waals surface area contributed by atoms with Crippen LogP contribution in [0.25, 0.3) is 0 Å².